The van der Waals surface area contributed by atoms with Crippen LogP contribution in [0.2, 0.25) is 0 Å². The number of hydrogen-bond donors (Lipinski definition) is 1. The fourth-order valence-corrected chi connectivity index (χ4v) is 2.47. The second kappa shape index (κ2) is 5.17. The van der Waals surface area contributed by atoms with Crippen LogP contribution in [0, 0.1) is 0 Å². The molecule has 4 heteroatoms. The lowest BCUT2D eigenvalue weighted by Crippen LogP contribution is -2.35. The molecule has 1 aliphatic carbocycles. The zero-order valence-electron chi connectivity index (χ0n) is 9.95. The third-order valence-corrected chi connectivity index (χ3v) is 3.40. The zero-order valence-corrected chi connectivity index (χ0v) is 9.95. The van der Waals surface area contributed by atoms with Crippen molar-refractivity contribution in [1.29, 1.82) is 0 Å². The highest BCUT2D eigenvalue weighted by molar-refractivity contribution is 5.07. The normalized spacial score (nSPS) is 16.9. The molecule has 1 aromatic heterocycles. The Labute approximate surface area is 100.0 Å². The van der Waals surface area contributed by atoms with Crippen molar-refractivity contribution in [3.63, 3.8) is 0 Å². The maximum atomic E-state index is 11.8. The zero-order chi connectivity index (χ0) is 12.3. The van der Waals surface area contributed by atoms with Crippen LogP contribution in [0.25, 0.3) is 0 Å². The van der Waals surface area contributed by atoms with Gasteiger partial charge < -0.3 is 4.98 Å². The van der Waals surface area contributed by atoms with Gasteiger partial charge in [-0.25, -0.2) is 4.79 Å². The summed E-state index contributed by atoms with van der Waals surface area (Å²) >= 11 is 0. The summed E-state index contributed by atoms with van der Waals surface area (Å²) in [6.07, 6.45) is 7.32. The molecule has 1 heterocycles. The van der Waals surface area contributed by atoms with Crippen LogP contribution in [0.3, 0.4) is 0 Å². The highest BCUT2D eigenvalue weighted by Gasteiger charge is 2.17. The van der Waals surface area contributed by atoms with Gasteiger partial charge in [0, 0.05) is 18.3 Å². The van der Waals surface area contributed by atoms with Crippen molar-refractivity contribution >= 4 is 0 Å². The number of H-pyrrole nitrogens is 1. The number of allylic oxidation sites excluding steroid dienone is 1. The standard InChI is InChI=1S/C13H18N2O2/c1-2-8-15-12(16)9-11(14-13(15)17)10-6-4-3-5-7-10/h2,9-10H,1,3-8H2,(H,14,17). The molecule has 17 heavy (non-hydrogen) atoms. The lowest BCUT2D eigenvalue weighted by Gasteiger charge is -2.21. The summed E-state index contributed by atoms with van der Waals surface area (Å²) in [5.41, 5.74) is 0.257. The van der Waals surface area contributed by atoms with Crippen molar-refractivity contribution in [1.82, 2.24) is 9.55 Å². The summed E-state index contributed by atoms with van der Waals surface area (Å²) in [6.45, 7) is 3.80. The molecule has 2 rings (SSSR count). The molecule has 0 bridgehead atoms. The molecule has 0 spiro atoms. The monoisotopic (exact) mass is 234 g/mol. The second-order valence-electron chi connectivity index (χ2n) is 4.60. The smallest absolute Gasteiger partial charge is 0.311 e. The van der Waals surface area contributed by atoms with E-state index >= 15 is 0 Å². The van der Waals surface area contributed by atoms with Crippen molar-refractivity contribution in [3.05, 3.63) is 45.3 Å². The molecule has 1 aromatic rings. The van der Waals surface area contributed by atoms with Gasteiger partial charge in [-0.15, -0.1) is 6.58 Å². The molecule has 0 radical (unpaired) electrons. The summed E-state index contributed by atoms with van der Waals surface area (Å²) in [4.78, 5) is 26.4. The first-order chi connectivity index (χ1) is 8.22. The molecule has 1 aliphatic rings. The molecule has 0 aromatic carbocycles. The summed E-state index contributed by atoms with van der Waals surface area (Å²) in [5, 5.41) is 0. The van der Waals surface area contributed by atoms with E-state index in [-0.39, 0.29) is 17.8 Å². The molecule has 92 valence electrons. The lowest BCUT2D eigenvalue weighted by molar-refractivity contribution is 0.433. The van der Waals surface area contributed by atoms with Crippen LogP contribution in [0.15, 0.2) is 28.3 Å². The maximum Gasteiger partial charge on any atom is 0.328 e. The minimum Gasteiger partial charge on any atom is -0.311 e. The molecule has 1 fully saturated rings. The van der Waals surface area contributed by atoms with Crippen LogP contribution in [0.4, 0.5) is 0 Å². The van der Waals surface area contributed by atoms with Crippen LogP contribution in [0.1, 0.15) is 43.7 Å². The number of hydrogen-bond acceptors (Lipinski definition) is 2. The number of aromatic nitrogens is 2. The van der Waals surface area contributed by atoms with Crippen molar-refractivity contribution in [2.75, 3.05) is 0 Å². The molecular weight excluding hydrogens is 216 g/mol. The molecule has 0 aliphatic heterocycles. The molecular formula is C13H18N2O2. The Hall–Kier alpha value is -1.58. The van der Waals surface area contributed by atoms with Crippen molar-refractivity contribution in [2.45, 2.75) is 44.6 Å². The van der Waals surface area contributed by atoms with E-state index in [4.69, 9.17) is 0 Å². The van der Waals surface area contributed by atoms with Gasteiger partial charge in [0.15, 0.2) is 0 Å². The number of nitrogens with zero attached hydrogens (tertiary/aromatic N) is 1. The molecule has 4 nitrogen and oxygen atoms in total. The van der Waals surface area contributed by atoms with Gasteiger partial charge in [0.1, 0.15) is 0 Å². The average molecular weight is 234 g/mol. The van der Waals surface area contributed by atoms with Crippen LogP contribution in [0.5, 0.6) is 0 Å². The van der Waals surface area contributed by atoms with E-state index in [1.54, 1.807) is 12.1 Å². The number of nitrogens with one attached hydrogen (secondary N) is 1. The van der Waals surface area contributed by atoms with Crippen LogP contribution >= 0.6 is 0 Å². The first kappa shape index (κ1) is 11.9. The predicted molar refractivity (Wildman–Crippen MR) is 67.3 cm³/mol. The first-order valence-corrected chi connectivity index (χ1v) is 6.17. The van der Waals surface area contributed by atoms with Gasteiger partial charge in [-0.3, -0.25) is 9.36 Å². The summed E-state index contributed by atoms with van der Waals surface area (Å²) in [7, 11) is 0. The fraction of sp³-hybridized carbons (Fsp3) is 0.538. The minimum absolute atomic E-state index is 0.228. The average Bonchev–Trinajstić information content (AvgIpc) is 2.35. The summed E-state index contributed by atoms with van der Waals surface area (Å²) < 4.78 is 1.17. The molecule has 0 atom stereocenters. The fourth-order valence-electron chi connectivity index (χ4n) is 2.47. The Kier molecular flexibility index (Phi) is 3.61. The second-order valence-corrected chi connectivity index (χ2v) is 4.60. The van der Waals surface area contributed by atoms with Gasteiger partial charge in [0.2, 0.25) is 0 Å². The summed E-state index contributed by atoms with van der Waals surface area (Å²) in [6, 6.07) is 1.57. The Morgan fingerprint density at radius 3 is 2.65 bits per heavy atom. The highest BCUT2D eigenvalue weighted by Crippen LogP contribution is 2.30. The van der Waals surface area contributed by atoms with E-state index in [1.807, 2.05) is 0 Å². The molecule has 0 amide bonds. The van der Waals surface area contributed by atoms with E-state index in [0.29, 0.717) is 5.92 Å². The Bertz CT molecular complexity index is 476. The predicted octanol–water partition coefficient (Wildman–Crippen LogP) is 1.77. The largest absolute Gasteiger partial charge is 0.328 e. The van der Waals surface area contributed by atoms with Crippen LogP contribution < -0.4 is 11.2 Å². The molecule has 0 unspecified atom stereocenters. The van der Waals surface area contributed by atoms with Crippen molar-refractivity contribution < 1.29 is 0 Å². The SMILES string of the molecule is C=CCn1c(=O)cc(C2CCCCC2)[nH]c1=O. The van der Waals surface area contributed by atoms with E-state index < -0.39 is 0 Å². The van der Waals surface area contributed by atoms with Gasteiger partial charge in [0.25, 0.3) is 5.56 Å². The topological polar surface area (TPSA) is 54.9 Å². The Morgan fingerprint density at radius 1 is 1.35 bits per heavy atom. The molecule has 1 N–H and O–H groups in total. The van der Waals surface area contributed by atoms with Crippen molar-refractivity contribution in [2.24, 2.45) is 0 Å². The van der Waals surface area contributed by atoms with E-state index in [2.05, 4.69) is 11.6 Å². The quantitative estimate of drug-likeness (QED) is 0.810. The van der Waals surface area contributed by atoms with Gasteiger partial charge in [0.05, 0.1) is 0 Å². The number of aromatic amines is 1. The minimum atomic E-state index is -0.321. The van der Waals surface area contributed by atoms with E-state index in [1.165, 1.54) is 23.8 Å². The molecule has 0 saturated heterocycles. The van der Waals surface area contributed by atoms with Gasteiger partial charge >= 0.3 is 5.69 Å². The van der Waals surface area contributed by atoms with Crippen LogP contribution in [-0.4, -0.2) is 9.55 Å². The Balaban J connectivity index is 2.34. The van der Waals surface area contributed by atoms with Crippen LogP contribution in [-0.2, 0) is 6.54 Å². The third kappa shape index (κ3) is 2.57. The maximum absolute atomic E-state index is 11.8. The Morgan fingerprint density at radius 2 is 2.06 bits per heavy atom. The van der Waals surface area contributed by atoms with Crippen molar-refractivity contribution in [3.8, 4) is 0 Å². The molecule has 1 saturated carbocycles. The summed E-state index contributed by atoms with van der Waals surface area (Å²) in [5.74, 6) is 0.350. The van der Waals surface area contributed by atoms with Gasteiger partial charge in [-0.05, 0) is 18.8 Å². The van der Waals surface area contributed by atoms with E-state index in [9.17, 15) is 9.59 Å². The third-order valence-electron chi connectivity index (χ3n) is 3.40. The highest BCUT2D eigenvalue weighted by atomic mass is 16.2. The number of rotatable bonds is 3. The van der Waals surface area contributed by atoms with E-state index in [0.717, 1.165) is 18.5 Å². The first-order valence-electron chi connectivity index (χ1n) is 6.17. The van der Waals surface area contributed by atoms with Gasteiger partial charge in [-0.1, -0.05) is 25.3 Å². The lowest BCUT2D eigenvalue weighted by atomic mass is 9.87. The van der Waals surface area contributed by atoms with Gasteiger partial charge in [-0.2, -0.15) is 0 Å².